The Hall–Kier alpha value is -0.120. The summed E-state index contributed by atoms with van der Waals surface area (Å²) in [6.07, 6.45) is 2.95. The average Bonchev–Trinajstić information content (AvgIpc) is 2.65. The summed E-state index contributed by atoms with van der Waals surface area (Å²) in [5.41, 5.74) is 0. The van der Waals surface area contributed by atoms with Crippen molar-refractivity contribution >= 4 is 0 Å². The highest BCUT2D eigenvalue weighted by Crippen LogP contribution is 2.29. The van der Waals surface area contributed by atoms with Gasteiger partial charge in [0, 0.05) is 19.1 Å². The van der Waals surface area contributed by atoms with Crippen molar-refractivity contribution in [3.63, 3.8) is 0 Å². The van der Waals surface area contributed by atoms with Crippen molar-refractivity contribution in [1.29, 1.82) is 0 Å². The summed E-state index contributed by atoms with van der Waals surface area (Å²) in [4.78, 5) is 0. The molecular formula is C11H20O3. The first-order valence-electron chi connectivity index (χ1n) is 5.66. The van der Waals surface area contributed by atoms with Gasteiger partial charge in [0.15, 0.2) is 0 Å². The third-order valence-corrected chi connectivity index (χ3v) is 3.46. The molecule has 4 unspecified atom stereocenters. The van der Waals surface area contributed by atoms with Gasteiger partial charge in [-0.3, -0.25) is 0 Å². The molecule has 0 aromatic heterocycles. The van der Waals surface area contributed by atoms with E-state index in [0.717, 1.165) is 32.5 Å². The molecule has 0 spiro atoms. The number of hydrogen-bond donors (Lipinski definition) is 1. The summed E-state index contributed by atoms with van der Waals surface area (Å²) in [5, 5.41) is 10.1. The third kappa shape index (κ3) is 2.10. The lowest BCUT2D eigenvalue weighted by Crippen LogP contribution is -2.40. The highest BCUT2D eigenvalue weighted by atomic mass is 16.5. The Morgan fingerprint density at radius 2 is 2.14 bits per heavy atom. The van der Waals surface area contributed by atoms with Crippen molar-refractivity contribution in [2.75, 3.05) is 19.8 Å². The van der Waals surface area contributed by atoms with E-state index in [0.29, 0.717) is 12.5 Å². The minimum atomic E-state index is -0.326. The summed E-state index contributed by atoms with van der Waals surface area (Å²) in [6.45, 7) is 4.51. The summed E-state index contributed by atoms with van der Waals surface area (Å²) >= 11 is 0. The van der Waals surface area contributed by atoms with Crippen molar-refractivity contribution in [3.8, 4) is 0 Å². The number of hydrogen-bond acceptors (Lipinski definition) is 3. The zero-order valence-electron chi connectivity index (χ0n) is 8.82. The van der Waals surface area contributed by atoms with E-state index in [1.807, 2.05) is 0 Å². The smallest absolute Gasteiger partial charge is 0.0863 e. The Labute approximate surface area is 85.4 Å². The Kier molecular flexibility index (Phi) is 3.42. The lowest BCUT2D eigenvalue weighted by atomic mass is 9.87. The van der Waals surface area contributed by atoms with Crippen LogP contribution in [0, 0.1) is 11.8 Å². The molecule has 2 saturated heterocycles. The molecule has 0 aliphatic carbocycles. The molecule has 1 N–H and O–H groups in total. The molecule has 0 amide bonds. The van der Waals surface area contributed by atoms with Crippen LogP contribution in [0.25, 0.3) is 0 Å². The highest BCUT2D eigenvalue weighted by molar-refractivity contribution is 4.85. The van der Waals surface area contributed by atoms with E-state index < -0.39 is 0 Å². The third-order valence-electron chi connectivity index (χ3n) is 3.46. The van der Waals surface area contributed by atoms with E-state index >= 15 is 0 Å². The van der Waals surface area contributed by atoms with E-state index in [-0.39, 0.29) is 18.1 Å². The zero-order valence-corrected chi connectivity index (χ0v) is 8.82. The number of aliphatic hydroxyl groups is 1. The van der Waals surface area contributed by atoms with E-state index in [1.165, 1.54) is 0 Å². The van der Waals surface area contributed by atoms with Crippen LogP contribution in [-0.4, -0.2) is 37.1 Å². The Morgan fingerprint density at radius 1 is 1.29 bits per heavy atom. The van der Waals surface area contributed by atoms with Crippen molar-refractivity contribution in [3.05, 3.63) is 0 Å². The molecule has 0 aromatic rings. The molecule has 2 aliphatic rings. The second-order valence-electron chi connectivity index (χ2n) is 4.57. The molecule has 4 atom stereocenters. The lowest BCUT2D eigenvalue weighted by molar-refractivity contribution is -0.0810. The van der Waals surface area contributed by atoms with Gasteiger partial charge in [0.05, 0.1) is 18.8 Å². The van der Waals surface area contributed by atoms with Crippen molar-refractivity contribution in [1.82, 2.24) is 0 Å². The molecule has 2 rings (SSSR count). The van der Waals surface area contributed by atoms with Gasteiger partial charge in [-0.25, -0.2) is 0 Å². The molecule has 14 heavy (non-hydrogen) atoms. The Balaban J connectivity index is 1.89. The van der Waals surface area contributed by atoms with Gasteiger partial charge in [-0.2, -0.15) is 0 Å². The molecule has 82 valence electrons. The maximum absolute atomic E-state index is 10.1. The summed E-state index contributed by atoms with van der Waals surface area (Å²) in [5.74, 6) is 0.779. The van der Waals surface area contributed by atoms with Crippen LogP contribution in [0.3, 0.4) is 0 Å². The first-order valence-corrected chi connectivity index (χ1v) is 5.66. The molecule has 3 nitrogen and oxygen atoms in total. The molecular weight excluding hydrogens is 180 g/mol. The Bertz CT molecular complexity index is 177. The first kappa shape index (κ1) is 10.4. The molecule has 0 saturated carbocycles. The van der Waals surface area contributed by atoms with Gasteiger partial charge in [0.2, 0.25) is 0 Å². The van der Waals surface area contributed by atoms with E-state index in [2.05, 4.69) is 6.92 Å². The van der Waals surface area contributed by atoms with Crippen molar-refractivity contribution in [2.24, 2.45) is 11.8 Å². The van der Waals surface area contributed by atoms with Crippen LogP contribution >= 0.6 is 0 Å². The van der Waals surface area contributed by atoms with Crippen LogP contribution in [0.1, 0.15) is 26.2 Å². The van der Waals surface area contributed by atoms with Gasteiger partial charge in [-0.15, -0.1) is 0 Å². The van der Waals surface area contributed by atoms with E-state index in [4.69, 9.17) is 9.47 Å². The molecule has 0 bridgehead atoms. The topological polar surface area (TPSA) is 38.7 Å². The fourth-order valence-corrected chi connectivity index (χ4v) is 2.46. The molecule has 3 heteroatoms. The van der Waals surface area contributed by atoms with Gasteiger partial charge in [-0.05, 0) is 25.2 Å². The number of ether oxygens (including phenoxy) is 2. The molecule has 0 radical (unpaired) electrons. The van der Waals surface area contributed by atoms with Crippen LogP contribution in [-0.2, 0) is 9.47 Å². The fourth-order valence-electron chi connectivity index (χ4n) is 2.46. The van der Waals surface area contributed by atoms with Crippen LogP contribution in [0.5, 0.6) is 0 Å². The van der Waals surface area contributed by atoms with Gasteiger partial charge in [0.25, 0.3) is 0 Å². The lowest BCUT2D eigenvalue weighted by Gasteiger charge is -2.31. The quantitative estimate of drug-likeness (QED) is 0.728. The summed E-state index contributed by atoms with van der Waals surface area (Å²) in [6, 6.07) is 0. The molecule has 2 aliphatic heterocycles. The molecule has 2 fully saturated rings. The molecule has 2 heterocycles. The van der Waals surface area contributed by atoms with E-state index in [1.54, 1.807) is 0 Å². The maximum Gasteiger partial charge on any atom is 0.0863 e. The normalized spacial score (nSPS) is 41.1. The highest BCUT2D eigenvalue weighted by Gasteiger charge is 2.36. The van der Waals surface area contributed by atoms with Crippen LogP contribution in [0.2, 0.25) is 0 Å². The summed E-state index contributed by atoms with van der Waals surface area (Å²) in [7, 11) is 0. The van der Waals surface area contributed by atoms with Gasteiger partial charge in [-0.1, -0.05) is 6.92 Å². The monoisotopic (exact) mass is 200 g/mol. The van der Waals surface area contributed by atoms with Crippen LogP contribution < -0.4 is 0 Å². The maximum atomic E-state index is 10.1. The number of aliphatic hydroxyl groups excluding tert-OH is 1. The summed E-state index contributed by atoms with van der Waals surface area (Å²) < 4.78 is 11.0. The van der Waals surface area contributed by atoms with Gasteiger partial charge >= 0.3 is 0 Å². The predicted molar refractivity (Wildman–Crippen MR) is 53.1 cm³/mol. The standard InChI is InChI=1S/C11H20O3/c1-8-4-6-14-11(8)10(12)9-3-2-5-13-7-9/h8-12H,2-7H2,1H3. The van der Waals surface area contributed by atoms with Gasteiger partial charge in [0.1, 0.15) is 0 Å². The first-order chi connectivity index (χ1) is 6.79. The largest absolute Gasteiger partial charge is 0.390 e. The number of rotatable bonds is 2. The predicted octanol–water partition coefficient (Wildman–Crippen LogP) is 1.20. The van der Waals surface area contributed by atoms with E-state index in [9.17, 15) is 5.11 Å². The van der Waals surface area contributed by atoms with Crippen molar-refractivity contribution < 1.29 is 14.6 Å². The second kappa shape index (κ2) is 4.60. The Morgan fingerprint density at radius 3 is 2.71 bits per heavy atom. The SMILES string of the molecule is CC1CCOC1C(O)C1CCCOC1. The second-order valence-corrected chi connectivity index (χ2v) is 4.57. The van der Waals surface area contributed by atoms with Crippen LogP contribution in [0.15, 0.2) is 0 Å². The van der Waals surface area contributed by atoms with Crippen LogP contribution in [0.4, 0.5) is 0 Å². The zero-order chi connectivity index (χ0) is 9.97. The minimum absolute atomic E-state index is 0.0432. The van der Waals surface area contributed by atoms with Gasteiger partial charge < -0.3 is 14.6 Å². The average molecular weight is 200 g/mol. The minimum Gasteiger partial charge on any atom is -0.390 e. The fraction of sp³-hybridized carbons (Fsp3) is 1.00. The molecule has 0 aromatic carbocycles. The van der Waals surface area contributed by atoms with Crippen molar-refractivity contribution in [2.45, 2.75) is 38.4 Å².